The number of ether oxygens (including phenoxy) is 3. The highest BCUT2D eigenvalue weighted by molar-refractivity contribution is 7.89. The van der Waals surface area contributed by atoms with Crippen LogP contribution in [0.15, 0.2) is 65.6 Å². The summed E-state index contributed by atoms with van der Waals surface area (Å²) >= 11 is 0. The molecule has 5 atom stereocenters. The normalized spacial score (nSPS) is 22.2. The molecule has 2 saturated heterocycles. The Morgan fingerprint density at radius 2 is 1.85 bits per heavy atom. The van der Waals surface area contributed by atoms with Crippen LogP contribution >= 0.6 is 0 Å². The first-order valence-electron chi connectivity index (χ1n) is 14.0. The molecule has 0 bridgehead atoms. The Labute approximate surface area is 242 Å². The highest BCUT2D eigenvalue weighted by Crippen LogP contribution is 2.33. The average Bonchev–Trinajstić information content (AvgIpc) is 3.57. The number of amides is 1. The fourth-order valence-electron chi connectivity index (χ4n) is 5.12. The number of hydrogen-bond acceptors (Lipinski definition) is 8. The number of carbonyl (C=O) groups excluding carboxylic acids is 1. The molecule has 0 aromatic heterocycles. The molecule has 2 aliphatic rings. The molecule has 2 aliphatic heterocycles. The fourth-order valence-corrected chi connectivity index (χ4v) is 6.75. The number of rotatable bonds is 13. The quantitative estimate of drug-likeness (QED) is 0.325. The first kappa shape index (κ1) is 31.1. The van der Waals surface area contributed by atoms with Crippen LogP contribution in [0.25, 0.3) is 6.08 Å². The van der Waals surface area contributed by atoms with Crippen molar-refractivity contribution in [3.05, 3.63) is 71.8 Å². The van der Waals surface area contributed by atoms with Gasteiger partial charge in [0.15, 0.2) is 6.29 Å². The van der Waals surface area contributed by atoms with Gasteiger partial charge in [-0.3, -0.25) is 0 Å². The minimum Gasteiger partial charge on any atom is -0.443 e. The van der Waals surface area contributed by atoms with E-state index in [-0.39, 0.29) is 55.7 Å². The van der Waals surface area contributed by atoms with Gasteiger partial charge in [-0.1, -0.05) is 68.5 Å². The van der Waals surface area contributed by atoms with Crippen LogP contribution < -0.4 is 5.32 Å². The van der Waals surface area contributed by atoms with Crippen LogP contribution in [-0.2, 0) is 30.7 Å². The smallest absolute Gasteiger partial charge is 0.407 e. The van der Waals surface area contributed by atoms with Crippen LogP contribution in [0.3, 0.4) is 0 Å². The SMILES string of the molecule is CC(C)CN(C[C@@H](O)[C@H](Cc1ccccc1)NC(=O)O[C@H]1CO[C@H]2OCCC21)S(=O)(=O)c1ccc(C=CCO)cc1. The molecule has 1 unspecified atom stereocenters. The van der Waals surface area contributed by atoms with Gasteiger partial charge in [0.25, 0.3) is 0 Å². The predicted molar refractivity (Wildman–Crippen MR) is 153 cm³/mol. The van der Waals surface area contributed by atoms with Gasteiger partial charge in [0.05, 0.1) is 42.8 Å². The molecule has 3 N–H and O–H groups in total. The lowest BCUT2D eigenvalue weighted by Crippen LogP contribution is -2.51. The number of carbonyl (C=O) groups is 1. The van der Waals surface area contributed by atoms with E-state index in [0.717, 1.165) is 17.5 Å². The molecule has 224 valence electrons. The number of nitrogens with one attached hydrogen (secondary N) is 1. The summed E-state index contributed by atoms with van der Waals surface area (Å²) in [6, 6.07) is 14.9. The van der Waals surface area contributed by atoms with Crippen LogP contribution in [0.5, 0.6) is 0 Å². The van der Waals surface area contributed by atoms with Gasteiger partial charge in [-0.25, -0.2) is 13.2 Å². The van der Waals surface area contributed by atoms with E-state index in [2.05, 4.69) is 5.32 Å². The molecule has 11 heteroatoms. The van der Waals surface area contributed by atoms with Crippen LogP contribution in [0.4, 0.5) is 4.79 Å². The maximum Gasteiger partial charge on any atom is 0.407 e. The first-order valence-corrected chi connectivity index (χ1v) is 15.4. The number of fused-ring (bicyclic) bond motifs is 1. The highest BCUT2D eigenvalue weighted by atomic mass is 32.2. The Hall–Kier alpha value is -2.80. The minimum absolute atomic E-state index is 0.0156. The van der Waals surface area contributed by atoms with E-state index >= 15 is 0 Å². The molecule has 0 aliphatic carbocycles. The Kier molecular flexibility index (Phi) is 10.9. The van der Waals surface area contributed by atoms with Crippen molar-refractivity contribution in [1.29, 1.82) is 0 Å². The summed E-state index contributed by atoms with van der Waals surface area (Å²) in [7, 11) is -3.97. The van der Waals surface area contributed by atoms with Crippen molar-refractivity contribution in [1.82, 2.24) is 9.62 Å². The maximum atomic E-state index is 13.7. The van der Waals surface area contributed by atoms with Crippen LogP contribution in [0, 0.1) is 11.8 Å². The second-order valence-corrected chi connectivity index (χ2v) is 12.8. The molecule has 2 aromatic carbocycles. The Bertz CT molecular complexity index is 1250. The van der Waals surface area contributed by atoms with Gasteiger partial charge in [0.1, 0.15) is 6.10 Å². The zero-order chi connectivity index (χ0) is 29.4. The molecular formula is C30H40N2O8S. The van der Waals surface area contributed by atoms with E-state index in [1.165, 1.54) is 16.4 Å². The Morgan fingerprint density at radius 3 is 2.54 bits per heavy atom. The first-order chi connectivity index (χ1) is 19.7. The van der Waals surface area contributed by atoms with E-state index < -0.39 is 34.4 Å². The van der Waals surface area contributed by atoms with Gasteiger partial charge in [-0.05, 0) is 42.0 Å². The molecule has 2 heterocycles. The number of benzene rings is 2. The summed E-state index contributed by atoms with van der Waals surface area (Å²) in [5.41, 5.74) is 1.62. The van der Waals surface area contributed by atoms with E-state index in [1.807, 2.05) is 44.2 Å². The number of aliphatic hydroxyl groups excluding tert-OH is 2. The van der Waals surface area contributed by atoms with Gasteiger partial charge in [0.2, 0.25) is 10.0 Å². The van der Waals surface area contributed by atoms with Gasteiger partial charge in [0, 0.05) is 13.1 Å². The van der Waals surface area contributed by atoms with Crippen molar-refractivity contribution < 1.29 is 37.6 Å². The minimum atomic E-state index is -3.97. The van der Waals surface area contributed by atoms with E-state index in [0.29, 0.717) is 6.61 Å². The van der Waals surface area contributed by atoms with Crippen molar-refractivity contribution in [2.24, 2.45) is 11.8 Å². The second-order valence-electron chi connectivity index (χ2n) is 10.8. The van der Waals surface area contributed by atoms with E-state index in [4.69, 9.17) is 19.3 Å². The highest BCUT2D eigenvalue weighted by Gasteiger charge is 2.44. The number of hydrogen-bond donors (Lipinski definition) is 3. The maximum absolute atomic E-state index is 13.7. The largest absolute Gasteiger partial charge is 0.443 e. The van der Waals surface area contributed by atoms with Crippen molar-refractivity contribution in [3.63, 3.8) is 0 Å². The fraction of sp³-hybridized carbons (Fsp3) is 0.500. The van der Waals surface area contributed by atoms with Crippen molar-refractivity contribution in [3.8, 4) is 0 Å². The topological polar surface area (TPSA) is 135 Å². The van der Waals surface area contributed by atoms with Gasteiger partial charge >= 0.3 is 6.09 Å². The number of nitrogens with zero attached hydrogens (tertiary/aromatic N) is 1. The summed E-state index contributed by atoms with van der Waals surface area (Å²) in [6.45, 7) is 4.43. The Balaban J connectivity index is 1.51. The summed E-state index contributed by atoms with van der Waals surface area (Å²) in [5.74, 6) is -0.0476. The van der Waals surface area contributed by atoms with Crippen LogP contribution in [0.2, 0.25) is 0 Å². The van der Waals surface area contributed by atoms with E-state index in [9.17, 15) is 18.3 Å². The zero-order valence-electron chi connectivity index (χ0n) is 23.5. The molecule has 0 saturated carbocycles. The van der Waals surface area contributed by atoms with Crippen molar-refractivity contribution >= 4 is 22.2 Å². The third-order valence-corrected chi connectivity index (χ3v) is 9.05. The van der Waals surface area contributed by atoms with Crippen molar-refractivity contribution in [2.75, 3.05) is 32.9 Å². The van der Waals surface area contributed by atoms with Gasteiger partial charge in [-0.15, -0.1) is 0 Å². The molecule has 0 radical (unpaired) electrons. The Morgan fingerprint density at radius 1 is 1.12 bits per heavy atom. The van der Waals surface area contributed by atoms with Gasteiger partial charge in [-0.2, -0.15) is 4.31 Å². The summed E-state index contributed by atoms with van der Waals surface area (Å²) in [4.78, 5) is 13.1. The summed E-state index contributed by atoms with van der Waals surface area (Å²) in [5, 5.41) is 23.2. The lowest BCUT2D eigenvalue weighted by atomic mass is 10.0. The zero-order valence-corrected chi connectivity index (χ0v) is 24.3. The molecule has 1 amide bonds. The van der Waals surface area contributed by atoms with Crippen LogP contribution in [0.1, 0.15) is 31.4 Å². The molecule has 2 aromatic rings. The number of alkyl carbamates (subject to hydrolysis) is 1. The molecule has 41 heavy (non-hydrogen) atoms. The average molecular weight is 589 g/mol. The molecule has 10 nitrogen and oxygen atoms in total. The predicted octanol–water partition coefficient (Wildman–Crippen LogP) is 2.80. The van der Waals surface area contributed by atoms with E-state index in [1.54, 1.807) is 24.3 Å². The summed E-state index contributed by atoms with van der Waals surface area (Å²) in [6.07, 6.45) is 1.52. The van der Waals surface area contributed by atoms with Crippen molar-refractivity contribution in [2.45, 2.75) is 56.1 Å². The molecular weight excluding hydrogens is 548 g/mol. The molecule has 4 rings (SSSR count). The molecule has 2 fully saturated rings. The number of aliphatic hydroxyl groups is 2. The lowest BCUT2D eigenvalue weighted by Gasteiger charge is -2.31. The second kappa shape index (κ2) is 14.4. The number of sulfonamides is 1. The third kappa shape index (κ3) is 8.37. The summed E-state index contributed by atoms with van der Waals surface area (Å²) < 4.78 is 45.4. The standard InChI is InChI=1S/C30H40N2O8S/c1-21(2)18-32(41(36,37)24-12-10-22(11-13-24)9-6-15-33)19-27(34)26(17-23-7-4-3-5-8-23)31-30(35)40-28-20-39-29-25(28)14-16-38-29/h3-13,21,25-29,33-34H,14-20H2,1-2H3,(H,31,35)/t25?,26-,27+,28-,29+/m0/s1. The lowest BCUT2D eigenvalue weighted by molar-refractivity contribution is -0.0907. The molecule has 0 spiro atoms. The monoisotopic (exact) mass is 588 g/mol. The third-order valence-electron chi connectivity index (χ3n) is 7.20. The van der Waals surface area contributed by atoms with Crippen LogP contribution in [-0.4, -0.2) is 86.5 Å². The van der Waals surface area contributed by atoms with Gasteiger partial charge < -0.3 is 29.7 Å².